The predicted molar refractivity (Wildman–Crippen MR) is 114 cm³/mol. The Morgan fingerprint density at radius 1 is 1.14 bits per heavy atom. The summed E-state index contributed by atoms with van der Waals surface area (Å²) in [6.45, 7) is 2.42. The lowest BCUT2D eigenvalue weighted by Crippen LogP contribution is -2.41. The molecule has 2 heterocycles. The normalized spacial score (nSPS) is 14.2. The maximum Gasteiger partial charge on any atom is 0.261 e. The van der Waals surface area contributed by atoms with Gasteiger partial charge in [-0.2, -0.15) is 5.26 Å². The first kappa shape index (κ1) is 19.3. The molecule has 144 valence electrons. The Morgan fingerprint density at radius 3 is 2.62 bits per heavy atom. The lowest BCUT2D eigenvalue weighted by molar-refractivity contribution is 0.0608. The number of unbranched alkanes of at least 4 members (excludes halogenated alkanes) is 1. The summed E-state index contributed by atoms with van der Waals surface area (Å²) in [4.78, 5) is 31.8. The highest BCUT2D eigenvalue weighted by atomic mass is 79.9. The van der Waals surface area contributed by atoms with Gasteiger partial charge in [-0.1, -0.05) is 47.5 Å². The number of amides is 2. The number of nitriles is 1. The van der Waals surface area contributed by atoms with Gasteiger partial charge in [0, 0.05) is 33.7 Å². The molecule has 5 nitrogen and oxygen atoms in total. The van der Waals surface area contributed by atoms with Gasteiger partial charge in [0.2, 0.25) is 0 Å². The molecule has 29 heavy (non-hydrogen) atoms. The molecule has 1 aromatic heterocycles. The number of hydrogen-bond donors (Lipinski definition) is 0. The van der Waals surface area contributed by atoms with Gasteiger partial charge >= 0.3 is 0 Å². The SMILES string of the molecule is CCCCN1C(=O)c2cccc3c(C(C#N)c4ccccn4)c(Br)cc(c23)C1=O. The van der Waals surface area contributed by atoms with E-state index in [0.29, 0.717) is 33.2 Å². The fraction of sp³-hybridized carbons (Fsp3) is 0.217. The molecule has 1 aliphatic heterocycles. The van der Waals surface area contributed by atoms with E-state index in [0.717, 1.165) is 23.8 Å². The van der Waals surface area contributed by atoms with E-state index in [1.807, 2.05) is 19.1 Å². The summed E-state index contributed by atoms with van der Waals surface area (Å²) in [5.74, 6) is -1.19. The highest BCUT2D eigenvalue weighted by Crippen LogP contribution is 2.40. The Kier molecular flexibility index (Phi) is 5.16. The molecule has 0 radical (unpaired) electrons. The zero-order chi connectivity index (χ0) is 20.5. The van der Waals surface area contributed by atoms with Crippen molar-refractivity contribution in [2.45, 2.75) is 25.7 Å². The predicted octanol–water partition coefficient (Wildman–Crippen LogP) is 5.05. The lowest BCUT2D eigenvalue weighted by Gasteiger charge is -2.28. The number of halogens is 1. The van der Waals surface area contributed by atoms with E-state index in [2.05, 4.69) is 27.0 Å². The van der Waals surface area contributed by atoms with E-state index in [9.17, 15) is 14.9 Å². The molecule has 3 aromatic rings. The largest absolute Gasteiger partial charge is 0.274 e. The highest BCUT2D eigenvalue weighted by molar-refractivity contribution is 9.10. The lowest BCUT2D eigenvalue weighted by atomic mass is 9.86. The van der Waals surface area contributed by atoms with Gasteiger partial charge in [0.05, 0.1) is 11.8 Å². The van der Waals surface area contributed by atoms with Gasteiger partial charge < -0.3 is 0 Å². The van der Waals surface area contributed by atoms with Crippen LogP contribution in [-0.2, 0) is 0 Å². The molecular formula is C23H18BrN3O2. The minimum atomic E-state index is -0.627. The molecule has 4 rings (SSSR count). The number of rotatable bonds is 5. The van der Waals surface area contributed by atoms with Crippen LogP contribution in [0.5, 0.6) is 0 Å². The Balaban J connectivity index is 1.97. The zero-order valence-corrected chi connectivity index (χ0v) is 17.4. The first-order valence-electron chi connectivity index (χ1n) is 9.50. The van der Waals surface area contributed by atoms with Crippen LogP contribution in [0, 0.1) is 11.3 Å². The first-order valence-corrected chi connectivity index (χ1v) is 10.3. The minimum Gasteiger partial charge on any atom is -0.274 e. The molecule has 1 unspecified atom stereocenters. The van der Waals surface area contributed by atoms with Crippen molar-refractivity contribution in [2.75, 3.05) is 6.54 Å². The number of imide groups is 1. The zero-order valence-electron chi connectivity index (χ0n) is 15.9. The van der Waals surface area contributed by atoms with Crippen molar-refractivity contribution in [1.82, 2.24) is 9.88 Å². The van der Waals surface area contributed by atoms with E-state index in [1.165, 1.54) is 4.90 Å². The van der Waals surface area contributed by atoms with Gasteiger partial charge in [-0.25, -0.2) is 0 Å². The van der Waals surface area contributed by atoms with Crippen molar-refractivity contribution in [2.24, 2.45) is 0 Å². The molecule has 0 aliphatic carbocycles. The Bertz CT molecular complexity index is 1170. The Morgan fingerprint density at radius 2 is 1.93 bits per heavy atom. The summed E-state index contributed by atoms with van der Waals surface area (Å²) in [6, 6.07) is 14.9. The van der Waals surface area contributed by atoms with Crippen LogP contribution in [0.3, 0.4) is 0 Å². The van der Waals surface area contributed by atoms with Crippen LogP contribution in [0.4, 0.5) is 0 Å². The summed E-state index contributed by atoms with van der Waals surface area (Å²) in [6.07, 6.45) is 3.31. The van der Waals surface area contributed by atoms with Crippen LogP contribution in [-0.4, -0.2) is 28.2 Å². The van der Waals surface area contributed by atoms with Crippen molar-refractivity contribution >= 4 is 38.5 Å². The number of carbonyl (C=O) groups excluding carboxylic acids is 2. The molecule has 6 heteroatoms. The number of aromatic nitrogens is 1. The monoisotopic (exact) mass is 447 g/mol. The van der Waals surface area contributed by atoms with Crippen LogP contribution >= 0.6 is 15.9 Å². The van der Waals surface area contributed by atoms with Gasteiger partial charge in [-0.3, -0.25) is 19.5 Å². The molecule has 1 atom stereocenters. The van der Waals surface area contributed by atoms with Gasteiger partial charge in [-0.15, -0.1) is 0 Å². The van der Waals surface area contributed by atoms with Crippen LogP contribution in [0.15, 0.2) is 53.1 Å². The Labute approximate surface area is 177 Å². The quantitative estimate of drug-likeness (QED) is 0.512. The third-order valence-electron chi connectivity index (χ3n) is 5.24. The van der Waals surface area contributed by atoms with E-state index in [4.69, 9.17) is 0 Å². The van der Waals surface area contributed by atoms with Crippen molar-refractivity contribution in [1.29, 1.82) is 5.26 Å². The number of pyridine rings is 1. The maximum absolute atomic E-state index is 13.1. The molecule has 2 amide bonds. The molecule has 0 saturated carbocycles. The van der Waals surface area contributed by atoms with E-state index in [-0.39, 0.29) is 11.8 Å². The van der Waals surface area contributed by atoms with Crippen molar-refractivity contribution < 1.29 is 9.59 Å². The fourth-order valence-corrected chi connectivity index (χ4v) is 4.51. The van der Waals surface area contributed by atoms with Gasteiger partial charge in [0.25, 0.3) is 11.8 Å². The number of nitrogens with zero attached hydrogens (tertiary/aromatic N) is 3. The molecular weight excluding hydrogens is 430 g/mol. The summed E-state index contributed by atoms with van der Waals surface area (Å²) in [5, 5.41) is 11.3. The smallest absolute Gasteiger partial charge is 0.261 e. The van der Waals surface area contributed by atoms with Crippen molar-refractivity contribution in [3.05, 3.63) is 75.5 Å². The standard InChI is InChI=1S/C23H18BrN3O2/c1-2-3-11-27-22(28)15-8-6-7-14-20(15)16(23(27)29)12-18(24)21(14)17(13-25)19-9-4-5-10-26-19/h4-10,12,17H,2-3,11H2,1H3. The fourth-order valence-electron chi connectivity index (χ4n) is 3.84. The van der Waals surface area contributed by atoms with Crippen LogP contribution in [0.25, 0.3) is 10.8 Å². The molecule has 0 N–H and O–H groups in total. The molecule has 0 saturated heterocycles. The number of carbonyl (C=O) groups is 2. The second-order valence-corrected chi connectivity index (χ2v) is 7.83. The van der Waals surface area contributed by atoms with E-state index < -0.39 is 5.92 Å². The topological polar surface area (TPSA) is 74.1 Å². The second-order valence-electron chi connectivity index (χ2n) is 6.98. The van der Waals surface area contributed by atoms with E-state index >= 15 is 0 Å². The number of hydrogen-bond acceptors (Lipinski definition) is 4. The van der Waals surface area contributed by atoms with Crippen molar-refractivity contribution in [3.63, 3.8) is 0 Å². The molecule has 1 aliphatic rings. The summed E-state index contributed by atoms with van der Waals surface area (Å²) in [5.41, 5.74) is 2.32. The maximum atomic E-state index is 13.1. The third kappa shape index (κ3) is 3.12. The molecule has 0 bridgehead atoms. The second kappa shape index (κ2) is 7.76. The van der Waals surface area contributed by atoms with Gasteiger partial charge in [0.1, 0.15) is 5.92 Å². The Hall–Kier alpha value is -3.04. The summed E-state index contributed by atoms with van der Waals surface area (Å²) in [7, 11) is 0. The number of benzene rings is 2. The average molecular weight is 448 g/mol. The molecule has 0 fully saturated rings. The van der Waals surface area contributed by atoms with Crippen molar-refractivity contribution in [3.8, 4) is 6.07 Å². The van der Waals surface area contributed by atoms with Crippen LogP contribution < -0.4 is 0 Å². The molecule has 0 spiro atoms. The third-order valence-corrected chi connectivity index (χ3v) is 5.90. The summed E-state index contributed by atoms with van der Waals surface area (Å²) >= 11 is 3.58. The first-order chi connectivity index (χ1) is 14.1. The van der Waals surface area contributed by atoms with Gasteiger partial charge in [0.15, 0.2) is 0 Å². The van der Waals surface area contributed by atoms with Crippen LogP contribution in [0.2, 0.25) is 0 Å². The van der Waals surface area contributed by atoms with E-state index in [1.54, 1.807) is 36.5 Å². The van der Waals surface area contributed by atoms with Gasteiger partial charge in [-0.05, 0) is 41.6 Å². The molecule has 2 aromatic carbocycles. The van der Waals surface area contributed by atoms with Crippen LogP contribution in [0.1, 0.15) is 57.7 Å². The highest BCUT2D eigenvalue weighted by Gasteiger charge is 2.34. The minimum absolute atomic E-state index is 0.277. The summed E-state index contributed by atoms with van der Waals surface area (Å²) < 4.78 is 0.660. The average Bonchev–Trinajstić information content (AvgIpc) is 2.74.